The number of thioether (sulfide) groups is 1. The first-order valence-electron chi connectivity index (χ1n) is 5.30. The summed E-state index contributed by atoms with van der Waals surface area (Å²) in [5, 5.41) is 3.57. The van der Waals surface area contributed by atoms with Gasteiger partial charge in [0.2, 0.25) is 0 Å². The van der Waals surface area contributed by atoms with Gasteiger partial charge in [-0.25, -0.2) is 4.39 Å². The fourth-order valence-corrected chi connectivity index (χ4v) is 2.15. The van der Waals surface area contributed by atoms with Crippen molar-refractivity contribution >= 4 is 23.4 Å². The van der Waals surface area contributed by atoms with E-state index in [-0.39, 0.29) is 10.8 Å². The van der Waals surface area contributed by atoms with Gasteiger partial charge in [-0.2, -0.15) is 11.8 Å². The highest BCUT2D eigenvalue weighted by molar-refractivity contribution is 7.98. The molecule has 0 fully saturated rings. The zero-order valence-electron chi connectivity index (χ0n) is 9.59. The lowest BCUT2D eigenvalue weighted by molar-refractivity contribution is 0.535. The van der Waals surface area contributed by atoms with Crippen LogP contribution in [0.15, 0.2) is 18.2 Å². The Morgan fingerprint density at radius 3 is 2.94 bits per heavy atom. The molecule has 4 heteroatoms. The highest BCUT2D eigenvalue weighted by atomic mass is 35.5. The molecule has 1 aromatic rings. The Kier molecular flexibility index (Phi) is 6.17. The van der Waals surface area contributed by atoms with E-state index in [4.69, 9.17) is 11.6 Å². The van der Waals surface area contributed by atoms with Crippen LogP contribution in [-0.4, -0.2) is 18.1 Å². The molecule has 1 N–H and O–H groups in total. The van der Waals surface area contributed by atoms with E-state index in [2.05, 4.69) is 18.5 Å². The molecule has 1 unspecified atom stereocenters. The summed E-state index contributed by atoms with van der Waals surface area (Å²) in [6.07, 6.45) is 3.20. The molecule has 0 saturated heterocycles. The lowest BCUT2D eigenvalue weighted by Gasteiger charge is -2.13. The van der Waals surface area contributed by atoms with Crippen LogP contribution >= 0.6 is 23.4 Å². The third-order valence-corrected chi connectivity index (χ3v) is 3.49. The van der Waals surface area contributed by atoms with E-state index in [1.54, 1.807) is 6.07 Å². The van der Waals surface area contributed by atoms with Crippen LogP contribution < -0.4 is 5.32 Å². The second kappa shape index (κ2) is 7.15. The molecular formula is C12H17ClFNS. The van der Waals surface area contributed by atoms with Crippen LogP contribution in [0.5, 0.6) is 0 Å². The summed E-state index contributed by atoms with van der Waals surface area (Å²) in [6.45, 7) is 2.75. The Balaban J connectivity index is 2.45. The monoisotopic (exact) mass is 261 g/mol. The van der Waals surface area contributed by atoms with Crippen molar-refractivity contribution in [3.8, 4) is 0 Å². The summed E-state index contributed by atoms with van der Waals surface area (Å²) in [7, 11) is 0. The number of halogens is 2. The molecule has 0 spiro atoms. The summed E-state index contributed by atoms with van der Waals surface area (Å²) >= 11 is 7.69. The maximum atomic E-state index is 13.1. The first-order chi connectivity index (χ1) is 7.65. The molecule has 0 aliphatic carbocycles. The van der Waals surface area contributed by atoms with Crippen molar-refractivity contribution in [2.75, 3.05) is 12.0 Å². The minimum atomic E-state index is -0.349. The molecule has 1 rings (SSSR count). The SMILES string of the molecule is CSCCC(C)NCc1cccc(F)c1Cl. The van der Waals surface area contributed by atoms with Gasteiger partial charge in [0.25, 0.3) is 0 Å². The summed E-state index contributed by atoms with van der Waals surface area (Å²) in [4.78, 5) is 0. The predicted octanol–water partition coefficient (Wildman–Crippen LogP) is 3.71. The van der Waals surface area contributed by atoms with Gasteiger partial charge in [0, 0.05) is 12.6 Å². The van der Waals surface area contributed by atoms with E-state index >= 15 is 0 Å². The van der Waals surface area contributed by atoms with Crippen molar-refractivity contribution in [1.29, 1.82) is 0 Å². The lowest BCUT2D eigenvalue weighted by Crippen LogP contribution is -2.26. The van der Waals surface area contributed by atoms with Gasteiger partial charge in [0.1, 0.15) is 5.82 Å². The quantitative estimate of drug-likeness (QED) is 0.838. The molecular weight excluding hydrogens is 245 g/mol. The normalized spacial score (nSPS) is 12.8. The number of benzene rings is 1. The van der Waals surface area contributed by atoms with Crippen LogP contribution in [0.1, 0.15) is 18.9 Å². The van der Waals surface area contributed by atoms with Crippen molar-refractivity contribution in [3.05, 3.63) is 34.6 Å². The second-order valence-electron chi connectivity index (χ2n) is 3.78. The fraction of sp³-hybridized carbons (Fsp3) is 0.500. The van der Waals surface area contributed by atoms with Gasteiger partial charge in [-0.1, -0.05) is 23.7 Å². The van der Waals surface area contributed by atoms with Crippen molar-refractivity contribution in [2.45, 2.75) is 25.9 Å². The molecule has 16 heavy (non-hydrogen) atoms. The van der Waals surface area contributed by atoms with Crippen LogP contribution in [0.4, 0.5) is 4.39 Å². The molecule has 1 nitrogen and oxygen atoms in total. The van der Waals surface area contributed by atoms with Gasteiger partial charge in [-0.15, -0.1) is 0 Å². The van der Waals surface area contributed by atoms with Crippen molar-refractivity contribution in [3.63, 3.8) is 0 Å². The molecule has 0 aromatic heterocycles. The van der Waals surface area contributed by atoms with E-state index in [1.165, 1.54) is 6.07 Å². The smallest absolute Gasteiger partial charge is 0.142 e. The highest BCUT2D eigenvalue weighted by Crippen LogP contribution is 2.19. The molecule has 1 aromatic carbocycles. The summed E-state index contributed by atoms with van der Waals surface area (Å²) < 4.78 is 13.1. The largest absolute Gasteiger partial charge is 0.310 e. The van der Waals surface area contributed by atoms with Gasteiger partial charge in [0.15, 0.2) is 0 Å². The zero-order valence-corrected chi connectivity index (χ0v) is 11.2. The topological polar surface area (TPSA) is 12.0 Å². The predicted molar refractivity (Wildman–Crippen MR) is 70.7 cm³/mol. The van der Waals surface area contributed by atoms with Crippen molar-refractivity contribution < 1.29 is 4.39 Å². The molecule has 90 valence electrons. The molecule has 0 bridgehead atoms. The fourth-order valence-electron chi connectivity index (χ4n) is 1.37. The Hall–Kier alpha value is -0.250. The van der Waals surface area contributed by atoms with E-state index in [9.17, 15) is 4.39 Å². The molecule has 0 radical (unpaired) electrons. The van der Waals surface area contributed by atoms with E-state index in [1.807, 2.05) is 17.8 Å². The maximum absolute atomic E-state index is 13.1. The first kappa shape index (κ1) is 13.8. The van der Waals surface area contributed by atoms with Crippen LogP contribution in [-0.2, 0) is 6.54 Å². The molecule has 0 aliphatic heterocycles. The average molecular weight is 262 g/mol. The van der Waals surface area contributed by atoms with E-state index < -0.39 is 0 Å². The van der Waals surface area contributed by atoms with Gasteiger partial charge in [0.05, 0.1) is 5.02 Å². The van der Waals surface area contributed by atoms with Crippen molar-refractivity contribution in [1.82, 2.24) is 5.32 Å². The van der Waals surface area contributed by atoms with Crippen LogP contribution in [0.2, 0.25) is 5.02 Å². The average Bonchev–Trinajstić information content (AvgIpc) is 2.28. The maximum Gasteiger partial charge on any atom is 0.142 e. The molecule has 1 atom stereocenters. The Morgan fingerprint density at radius 2 is 2.25 bits per heavy atom. The summed E-state index contributed by atoms with van der Waals surface area (Å²) in [5.74, 6) is 0.781. The molecule has 0 heterocycles. The van der Waals surface area contributed by atoms with Crippen molar-refractivity contribution in [2.24, 2.45) is 0 Å². The minimum Gasteiger partial charge on any atom is -0.310 e. The second-order valence-corrected chi connectivity index (χ2v) is 5.14. The Labute approximate surface area is 106 Å². The Bertz CT molecular complexity index is 333. The molecule has 0 aliphatic rings. The standard InChI is InChI=1S/C12H17ClFNS/c1-9(6-7-16-2)15-8-10-4-3-5-11(14)12(10)13/h3-5,9,15H,6-8H2,1-2H3. The van der Waals surface area contributed by atoms with Crippen LogP contribution in [0.25, 0.3) is 0 Å². The summed E-state index contributed by atoms with van der Waals surface area (Å²) in [6, 6.07) is 5.33. The number of nitrogens with one attached hydrogen (secondary N) is 1. The number of rotatable bonds is 6. The summed E-state index contributed by atoms with van der Waals surface area (Å²) in [5.41, 5.74) is 0.817. The van der Waals surface area contributed by atoms with E-state index in [0.717, 1.165) is 17.7 Å². The van der Waals surface area contributed by atoms with Gasteiger partial charge < -0.3 is 5.32 Å². The van der Waals surface area contributed by atoms with Crippen LogP contribution in [0, 0.1) is 5.82 Å². The minimum absolute atomic E-state index is 0.229. The van der Waals surface area contributed by atoms with Gasteiger partial charge in [-0.3, -0.25) is 0 Å². The third kappa shape index (κ3) is 4.32. The Morgan fingerprint density at radius 1 is 1.50 bits per heavy atom. The third-order valence-electron chi connectivity index (χ3n) is 2.43. The molecule has 0 amide bonds. The van der Waals surface area contributed by atoms with Gasteiger partial charge >= 0.3 is 0 Å². The zero-order chi connectivity index (χ0) is 12.0. The van der Waals surface area contributed by atoms with Gasteiger partial charge in [-0.05, 0) is 37.0 Å². The number of hydrogen-bond donors (Lipinski definition) is 1. The molecule has 0 saturated carbocycles. The van der Waals surface area contributed by atoms with E-state index in [0.29, 0.717) is 12.6 Å². The highest BCUT2D eigenvalue weighted by Gasteiger charge is 2.06. The lowest BCUT2D eigenvalue weighted by atomic mass is 10.2. The number of hydrogen-bond acceptors (Lipinski definition) is 2. The van der Waals surface area contributed by atoms with Crippen LogP contribution in [0.3, 0.4) is 0 Å². The first-order valence-corrected chi connectivity index (χ1v) is 7.07.